The van der Waals surface area contributed by atoms with Gasteiger partial charge in [0, 0.05) is 30.2 Å². The number of rotatable bonds is 3. The molecule has 0 atom stereocenters. The number of amides is 1. The average molecular weight is 374 g/mol. The molecule has 6 nitrogen and oxygen atoms in total. The van der Waals surface area contributed by atoms with Crippen molar-refractivity contribution in [2.75, 3.05) is 20.1 Å². The van der Waals surface area contributed by atoms with Crippen molar-refractivity contribution in [3.05, 3.63) is 23.5 Å². The molecule has 0 unspecified atom stereocenters. The number of aryl methyl sites for hydroxylation is 1. The third-order valence-electron chi connectivity index (χ3n) is 6.12. The zero-order valence-electron chi connectivity index (χ0n) is 15.6. The SMILES string of the molecule is CN1CCC2(CCC(NC(=O)c3csc(-c4cnn(C)c4)n3)CC2)CC1. The first-order valence-corrected chi connectivity index (χ1v) is 10.3. The van der Waals surface area contributed by atoms with Crippen molar-refractivity contribution in [1.82, 2.24) is 25.0 Å². The molecule has 2 aromatic rings. The Labute approximate surface area is 158 Å². The van der Waals surface area contributed by atoms with E-state index in [0.29, 0.717) is 11.1 Å². The van der Waals surface area contributed by atoms with Crippen LogP contribution < -0.4 is 5.32 Å². The molecule has 1 N–H and O–H groups in total. The predicted octanol–water partition coefficient (Wildman–Crippen LogP) is 2.93. The molecule has 2 fully saturated rings. The smallest absolute Gasteiger partial charge is 0.270 e. The molecule has 1 spiro atoms. The van der Waals surface area contributed by atoms with E-state index in [4.69, 9.17) is 0 Å². The van der Waals surface area contributed by atoms with Crippen molar-refractivity contribution in [2.45, 2.75) is 44.6 Å². The van der Waals surface area contributed by atoms with Crippen LogP contribution in [0.3, 0.4) is 0 Å². The van der Waals surface area contributed by atoms with E-state index in [2.05, 4.69) is 27.3 Å². The van der Waals surface area contributed by atoms with Crippen molar-refractivity contribution in [1.29, 1.82) is 0 Å². The Hall–Kier alpha value is -1.73. The molecule has 1 aliphatic carbocycles. The first-order valence-electron chi connectivity index (χ1n) is 9.47. The van der Waals surface area contributed by atoms with Gasteiger partial charge >= 0.3 is 0 Å². The van der Waals surface area contributed by atoms with E-state index in [1.54, 1.807) is 10.9 Å². The van der Waals surface area contributed by atoms with Gasteiger partial charge in [-0.25, -0.2) is 4.98 Å². The molecule has 0 radical (unpaired) electrons. The van der Waals surface area contributed by atoms with Crippen LogP contribution in [0.4, 0.5) is 0 Å². The summed E-state index contributed by atoms with van der Waals surface area (Å²) in [5.41, 5.74) is 2.01. The number of nitrogens with one attached hydrogen (secondary N) is 1. The molecule has 0 aromatic carbocycles. The lowest BCUT2D eigenvalue weighted by molar-refractivity contribution is 0.0653. The second kappa shape index (κ2) is 7.12. The number of aromatic nitrogens is 3. The Balaban J connectivity index is 1.32. The quantitative estimate of drug-likeness (QED) is 0.898. The zero-order valence-corrected chi connectivity index (χ0v) is 16.4. The third kappa shape index (κ3) is 3.69. The van der Waals surface area contributed by atoms with Gasteiger partial charge in [-0.1, -0.05) is 0 Å². The summed E-state index contributed by atoms with van der Waals surface area (Å²) in [5.74, 6) is -0.0410. The molecule has 0 bridgehead atoms. The summed E-state index contributed by atoms with van der Waals surface area (Å²) < 4.78 is 1.75. The Morgan fingerprint density at radius 1 is 1.23 bits per heavy atom. The lowest BCUT2D eigenvalue weighted by atomic mass is 9.67. The first-order chi connectivity index (χ1) is 12.5. The van der Waals surface area contributed by atoms with E-state index < -0.39 is 0 Å². The molecule has 3 heterocycles. The van der Waals surface area contributed by atoms with Crippen molar-refractivity contribution in [3.63, 3.8) is 0 Å². The van der Waals surface area contributed by atoms with E-state index in [1.165, 1.54) is 50.1 Å². The average Bonchev–Trinajstić information content (AvgIpc) is 3.29. The first kappa shape index (κ1) is 17.7. The Morgan fingerprint density at radius 3 is 2.62 bits per heavy atom. The monoisotopic (exact) mass is 373 g/mol. The zero-order chi connectivity index (χ0) is 18.1. The van der Waals surface area contributed by atoms with E-state index >= 15 is 0 Å². The molecule has 1 saturated carbocycles. The molecule has 1 amide bonds. The predicted molar refractivity (Wildman–Crippen MR) is 103 cm³/mol. The number of nitrogens with zero attached hydrogens (tertiary/aromatic N) is 4. The molecule has 1 saturated heterocycles. The lowest BCUT2D eigenvalue weighted by Gasteiger charge is -2.45. The standard InChI is InChI=1S/C19H27N5OS/c1-23-9-7-19(8-10-23)5-3-15(4-6-19)21-17(25)16-13-26-18(22-16)14-11-20-24(2)12-14/h11-13,15H,3-10H2,1-2H3,(H,21,25). The summed E-state index contributed by atoms with van der Waals surface area (Å²) >= 11 is 1.49. The van der Waals surface area contributed by atoms with Gasteiger partial charge in [0.1, 0.15) is 10.7 Å². The topological polar surface area (TPSA) is 63.1 Å². The fourth-order valence-corrected chi connectivity index (χ4v) is 5.04. The highest BCUT2D eigenvalue weighted by Crippen LogP contribution is 2.44. The van der Waals surface area contributed by atoms with Gasteiger partial charge in [0.2, 0.25) is 0 Å². The minimum absolute atomic E-state index is 0.0410. The normalized spacial score (nSPS) is 21.2. The van der Waals surface area contributed by atoms with E-state index in [0.717, 1.165) is 23.4 Å². The van der Waals surface area contributed by atoms with E-state index in [1.807, 2.05) is 18.6 Å². The Morgan fingerprint density at radius 2 is 1.96 bits per heavy atom. The Kier molecular flexibility index (Phi) is 4.84. The molecular weight excluding hydrogens is 346 g/mol. The molecule has 2 aromatic heterocycles. The molecule has 7 heteroatoms. The van der Waals surface area contributed by atoms with Crippen molar-refractivity contribution >= 4 is 17.2 Å². The number of piperidine rings is 1. The van der Waals surface area contributed by atoms with Gasteiger partial charge in [-0.2, -0.15) is 5.10 Å². The molecule has 4 rings (SSSR count). The minimum atomic E-state index is -0.0410. The maximum Gasteiger partial charge on any atom is 0.270 e. The number of thiazole rings is 1. The third-order valence-corrected chi connectivity index (χ3v) is 7.01. The Bertz CT molecular complexity index is 764. The van der Waals surface area contributed by atoms with Gasteiger partial charge in [-0.15, -0.1) is 11.3 Å². The highest BCUT2D eigenvalue weighted by molar-refractivity contribution is 7.13. The van der Waals surface area contributed by atoms with Gasteiger partial charge in [0.25, 0.3) is 5.91 Å². The summed E-state index contributed by atoms with van der Waals surface area (Å²) in [4.78, 5) is 19.5. The highest BCUT2D eigenvalue weighted by atomic mass is 32.1. The van der Waals surface area contributed by atoms with Gasteiger partial charge in [-0.3, -0.25) is 9.48 Å². The van der Waals surface area contributed by atoms with Gasteiger partial charge in [0.15, 0.2) is 0 Å². The van der Waals surface area contributed by atoms with Crippen LogP contribution in [0.2, 0.25) is 0 Å². The van der Waals surface area contributed by atoms with Crippen LogP contribution in [-0.2, 0) is 7.05 Å². The number of carbonyl (C=O) groups is 1. The van der Waals surface area contributed by atoms with E-state index in [9.17, 15) is 4.79 Å². The number of carbonyl (C=O) groups excluding carboxylic acids is 1. The summed E-state index contributed by atoms with van der Waals surface area (Å²) in [6, 6.07) is 0.288. The molecule has 2 aliphatic rings. The van der Waals surface area contributed by atoms with Crippen LogP contribution in [0.1, 0.15) is 49.0 Å². The van der Waals surface area contributed by atoms with Crippen LogP contribution in [0, 0.1) is 5.41 Å². The van der Waals surface area contributed by atoms with Crippen LogP contribution >= 0.6 is 11.3 Å². The fraction of sp³-hybridized carbons (Fsp3) is 0.632. The van der Waals surface area contributed by atoms with E-state index in [-0.39, 0.29) is 11.9 Å². The molecule has 140 valence electrons. The van der Waals surface area contributed by atoms with Crippen LogP contribution in [0.15, 0.2) is 17.8 Å². The van der Waals surface area contributed by atoms with Gasteiger partial charge in [0.05, 0.1) is 6.20 Å². The minimum Gasteiger partial charge on any atom is -0.348 e. The van der Waals surface area contributed by atoms with Crippen LogP contribution in [0.5, 0.6) is 0 Å². The number of likely N-dealkylation sites (tertiary alicyclic amines) is 1. The van der Waals surface area contributed by atoms with Gasteiger partial charge < -0.3 is 10.2 Å². The summed E-state index contributed by atoms with van der Waals surface area (Å²) in [7, 11) is 4.09. The second-order valence-corrected chi connectivity index (χ2v) is 8.85. The van der Waals surface area contributed by atoms with Crippen LogP contribution in [0.25, 0.3) is 10.6 Å². The van der Waals surface area contributed by atoms with Gasteiger partial charge in [-0.05, 0) is 64.1 Å². The highest BCUT2D eigenvalue weighted by Gasteiger charge is 2.37. The van der Waals surface area contributed by atoms with Crippen molar-refractivity contribution < 1.29 is 4.79 Å². The molecule has 26 heavy (non-hydrogen) atoms. The fourth-order valence-electron chi connectivity index (χ4n) is 4.27. The molecule has 1 aliphatic heterocycles. The number of hydrogen-bond acceptors (Lipinski definition) is 5. The molecular formula is C19H27N5OS. The van der Waals surface area contributed by atoms with Crippen molar-refractivity contribution in [2.24, 2.45) is 12.5 Å². The maximum absolute atomic E-state index is 12.6. The number of hydrogen-bond donors (Lipinski definition) is 1. The van der Waals surface area contributed by atoms with Crippen LogP contribution in [-0.4, -0.2) is 51.8 Å². The summed E-state index contributed by atoms with van der Waals surface area (Å²) in [6.45, 7) is 2.43. The summed E-state index contributed by atoms with van der Waals surface area (Å²) in [6.07, 6.45) is 11.0. The lowest BCUT2D eigenvalue weighted by Crippen LogP contribution is -2.44. The van der Waals surface area contributed by atoms with Crippen molar-refractivity contribution in [3.8, 4) is 10.6 Å². The maximum atomic E-state index is 12.6. The second-order valence-electron chi connectivity index (χ2n) is 7.99. The summed E-state index contributed by atoms with van der Waals surface area (Å²) in [5, 5.41) is 10.1. The largest absolute Gasteiger partial charge is 0.348 e.